The lowest BCUT2D eigenvalue weighted by molar-refractivity contribution is 0.0141. The van der Waals surface area contributed by atoms with Gasteiger partial charge in [-0.15, -0.1) is 0 Å². The maximum absolute atomic E-state index is 12.9. The van der Waals surface area contributed by atoms with Crippen LogP contribution in [0.3, 0.4) is 0 Å². The summed E-state index contributed by atoms with van der Waals surface area (Å²) in [6, 6.07) is 5.27. The molecule has 1 aliphatic heterocycles. The van der Waals surface area contributed by atoms with Crippen molar-refractivity contribution in [1.29, 1.82) is 0 Å². The molecule has 2 amide bonds. The number of nitrogens with zero attached hydrogens (tertiary/aromatic N) is 4. The van der Waals surface area contributed by atoms with Crippen LogP contribution >= 0.6 is 23.2 Å². The average Bonchev–Trinajstić information content (AvgIpc) is 3.22. The zero-order chi connectivity index (χ0) is 30.3. The van der Waals surface area contributed by atoms with Crippen LogP contribution in [0.25, 0.3) is 11.3 Å². The lowest BCUT2D eigenvalue weighted by Gasteiger charge is -2.50. The molecule has 1 saturated carbocycles. The summed E-state index contributed by atoms with van der Waals surface area (Å²) in [6.07, 6.45) is 2.98. The van der Waals surface area contributed by atoms with Crippen molar-refractivity contribution in [2.75, 3.05) is 23.3 Å². The van der Waals surface area contributed by atoms with Crippen molar-refractivity contribution in [3.05, 3.63) is 33.9 Å². The first kappa shape index (κ1) is 31.2. The van der Waals surface area contributed by atoms with E-state index in [-0.39, 0.29) is 17.3 Å². The summed E-state index contributed by atoms with van der Waals surface area (Å²) < 4.78 is 5.53. The molecule has 1 aromatic heterocycles. The highest BCUT2D eigenvalue weighted by atomic mass is 35.5. The molecule has 1 unspecified atom stereocenters. The van der Waals surface area contributed by atoms with Crippen LogP contribution < -0.4 is 10.2 Å². The number of anilines is 2. The van der Waals surface area contributed by atoms with Crippen molar-refractivity contribution in [1.82, 2.24) is 14.9 Å². The fraction of sp³-hybridized carbons (Fsp3) is 0.600. The predicted molar refractivity (Wildman–Crippen MR) is 163 cm³/mol. The summed E-state index contributed by atoms with van der Waals surface area (Å²) >= 11 is 12.8. The first-order valence-electron chi connectivity index (χ1n) is 14.1. The Hall–Kier alpha value is -2.78. The van der Waals surface area contributed by atoms with E-state index in [1.165, 1.54) is 0 Å². The molecule has 2 aliphatic rings. The van der Waals surface area contributed by atoms with Crippen LogP contribution in [0.15, 0.2) is 18.2 Å². The molecule has 2 fully saturated rings. The lowest BCUT2D eigenvalue weighted by atomic mass is 9.72. The molecule has 1 saturated heterocycles. The molecule has 224 valence electrons. The van der Waals surface area contributed by atoms with Gasteiger partial charge in [0.25, 0.3) is 0 Å². The number of carbonyl (C=O) groups excluding carboxylic acids is 1. The van der Waals surface area contributed by atoms with Gasteiger partial charge in [0.15, 0.2) is 11.6 Å². The maximum atomic E-state index is 12.9. The third-order valence-corrected chi connectivity index (χ3v) is 8.86. The number of rotatable bonds is 4. The molecule has 2 heterocycles. The Morgan fingerprint density at radius 1 is 1.10 bits per heavy atom. The number of piperidine rings is 1. The van der Waals surface area contributed by atoms with Crippen LogP contribution in [0.1, 0.15) is 79.3 Å². The van der Waals surface area contributed by atoms with E-state index in [1.54, 1.807) is 37.8 Å². The van der Waals surface area contributed by atoms with Crippen molar-refractivity contribution in [3.63, 3.8) is 0 Å². The van der Waals surface area contributed by atoms with E-state index >= 15 is 0 Å². The highest BCUT2D eigenvalue weighted by Crippen LogP contribution is 2.51. The van der Waals surface area contributed by atoms with Gasteiger partial charge < -0.3 is 14.7 Å². The number of amides is 2. The largest absolute Gasteiger partial charge is 0.465 e. The number of nitrogens with one attached hydrogen (secondary N) is 1. The fourth-order valence-corrected chi connectivity index (χ4v) is 6.70. The molecule has 1 aliphatic carbocycles. The van der Waals surface area contributed by atoms with Crippen LogP contribution in [-0.4, -0.2) is 62.4 Å². The average molecular weight is 607 g/mol. The Bertz CT molecular complexity index is 1310. The van der Waals surface area contributed by atoms with Crippen molar-refractivity contribution < 1.29 is 19.4 Å². The standard InChI is InChI=1S/C30H41Cl2N5O4/c1-18-23(19-10-8-11-20(31)22(19)32)34-24(35-26(38)41-29(5,6)7)25(33-18)36-16-14-30(15-17-36)13-9-12-21(30)37(27(39)40)28(2,3)4/h8,10-11,21H,9,12-17H2,1-7H3,(H,39,40)(H,34,35,38). The Kier molecular flexibility index (Phi) is 8.72. The molecule has 2 N–H and O–H groups in total. The predicted octanol–water partition coefficient (Wildman–Crippen LogP) is 8.02. The zero-order valence-corrected chi connectivity index (χ0v) is 26.5. The van der Waals surface area contributed by atoms with Crippen molar-refractivity contribution in [2.45, 2.75) is 97.8 Å². The second kappa shape index (κ2) is 11.5. The second-order valence-corrected chi connectivity index (χ2v) is 13.9. The first-order chi connectivity index (χ1) is 19.0. The van der Waals surface area contributed by atoms with E-state index in [2.05, 4.69) is 10.2 Å². The van der Waals surface area contributed by atoms with E-state index in [0.29, 0.717) is 45.9 Å². The summed E-state index contributed by atoms with van der Waals surface area (Å²) in [4.78, 5) is 38.8. The highest BCUT2D eigenvalue weighted by molar-refractivity contribution is 6.43. The smallest absolute Gasteiger partial charge is 0.413 e. The third kappa shape index (κ3) is 6.67. The third-order valence-electron chi connectivity index (χ3n) is 8.04. The minimum absolute atomic E-state index is 0.0401. The molecule has 1 atom stereocenters. The van der Waals surface area contributed by atoms with Gasteiger partial charge in [-0.2, -0.15) is 0 Å². The van der Waals surface area contributed by atoms with Gasteiger partial charge in [-0.05, 0) is 85.6 Å². The molecule has 11 heteroatoms. The number of aromatic nitrogens is 2. The van der Waals surface area contributed by atoms with Crippen LogP contribution in [-0.2, 0) is 4.74 Å². The summed E-state index contributed by atoms with van der Waals surface area (Å²) in [5.74, 6) is 0.822. The second-order valence-electron chi connectivity index (χ2n) is 13.1. The summed E-state index contributed by atoms with van der Waals surface area (Å²) in [7, 11) is 0. The number of hydrogen-bond acceptors (Lipinski definition) is 6. The number of benzene rings is 1. The van der Waals surface area contributed by atoms with Gasteiger partial charge in [-0.25, -0.2) is 19.6 Å². The Morgan fingerprint density at radius 2 is 1.76 bits per heavy atom. The molecule has 4 rings (SSSR count). The van der Waals surface area contributed by atoms with Crippen LogP contribution in [0.5, 0.6) is 0 Å². The number of halogens is 2. The van der Waals surface area contributed by atoms with Crippen LogP contribution in [0.4, 0.5) is 21.2 Å². The van der Waals surface area contributed by atoms with Gasteiger partial charge in [-0.3, -0.25) is 10.2 Å². The van der Waals surface area contributed by atoms with Crippen molar-refractivity contribution in [2.24, 2.45) is 5.41 Å². The van der Waals surface area contributed by atoms with Gasteiger partial charge in [0.2, 0.25) is 0 Å². The van der Waals surface area contributed by atoms with E-state index < -0.39 is 23.3 Å². The normalized spacial score (nSPS) is 18.9. The zero-order valence-electron chi connectivity index (χ0n) is 25.0. The molecular weight excluding hydrogens is 565 g/mol. The SMILES string of the molecule is Cc1nc(N2CCC3(CCCC3N(C(=O)O)C(C)(C)C)CC2)c(NC(=O)OC(C)(C)C)nc1-c1cccc(Cl)c1Cl. The number of carboxylic acid groups (broad SMARTS) is 1. The van der Waals surface area contributed by atoms with Gasteiger partial charge in [0.05, 0.1) is 21.4 Å². The van der Waals surface area contributed by atoms with E-state index in [9.17, 15) is 14.7 Å². The molecule has 0 radical (unpaired) electrons. The molecule has 2 aromatic rings. The van der Waals surface area contributed by atoms with Crippen LogP contribution in [0, 0.1) is 12.3 Å². The molecule has 0 bridgehead atoms. The van der Waals surface area contributed by atoms with E-state index in [4.69, 9.17) is 37.9 Å². The summed E-state index contributed by atoms with van der Waals surface area (Å²) in [5, 5.41) is 13.7. The molecule has 9 nitrogen and oxygen atoms in total. The van der Waals surface area contributed by atoms with Gasteiger partial charge >= 0.3 is 12.2 Å². The Morgan fingerprint density at radius 3 is 2.34 bits per heavy atom. The number of aryl methyl sites for hydroxylation is 1. The minimum atomic E-state index is -0.869. The van der Waals surface area contributed by atoms with Crippen LogP contribution in [0.2, 0.25) is 10.0 Å². The first-order valence-corrected chi connectivity index (χ1v) is 14.9. The monoisotopic (exact) mass is 605 g/mol. The highest BCUT2D eigenvalue weighted by Gasteiger charge is 2.51. The Balaban J connectivity index is 1.68. The molecule has 1 spiro atoms. The minimum Gasteiger partial charge on any atom is -0.465 e. The summed E-state index contributed by atoms with van der Waals surface area (Å²) in [6.45, 7) is 14.4. The topological polar surface area (TPSA) is 108 Å². The van der Waals surface area contributed by atoms with Crippen molar-refractivity contribution in [3.8, 4) is 11.3 Å². The fourth-order valence-electron chi connectivity index (χ4n) is 6.31. The molecular formula is C30H41Cl2N5O4. The van der Waals surface area contributed by atoms with E-state index in [0.717, 1.165) is 32.1 Å². The van der Waals surface area contributed by atoms with Crippen molar-refractivity contribution >= 4 is 47.0 Å². The Labute approximate surface area is 252 Å². The molecule has 1 aromatic carbocycles. The number of hydrogen-bond donors (Lipinski definition) is 2. The quantitative estimate of drug-likeness (QED) is 0.363. The molecule has 41 heavy (non-hydrogen) atoms. The number of ether oxygens (including phenoxy) is 1. The summed E-state index contributed by atoms with van der Waals surface area (Å²) in [5.41, 5.74) is 0.485. The van der Waals surface area contributed by atoms with Gasteiger partial charge in [0, 0.05) is 30.2 Å². The van der Waals surface area contributed by atoms with Gasteiger partial charge in [-0.1, -0.05) is 41.8 Å². The lowest BCUT2D eigenvalue weighted by Crippen LogP contribution is -2.58. The number of carbonyl (C=O) groups is 2. The maximum Gasteiger partial charge on any atom is 0.413 e. The van der Waals surface area contributed by atoms with Gasteiger partial charge in [0.1, 0.15) is 5.60 Å². The van der Waals surface area contributed by atoms with E-state index in [1.807, 2.05) is 33.8 Å².